The van der Waals surface area contributed by atoms with E-state index in [-0.39, 0.29) is 5.91 Å². The first-order valence-electron chi connectivity index (χ1n) is 5.35. The van der Waals surface area contributed by atoms with E-state index in [2.05, 4.69) is 26.2 Å². The number of halogens is 1. The molecule has 0 saturated carbocycles. The molecule has 0 radical (unpaired) electrons. The van der Waals surface area contributed by atoms with Crippen molar-refractivity contribution in [2.45, 2.75) is 6.92 Å². The molecular formula is C13H12BrN3O. The fraction of sp³-hybridized carbons (Fsp3) is 0.0769. The van der Waals surface area contributed by atoms with Crippen LogP contribution in [0.4, 0.5) is 11.4 Å². The van der Waals surface area contributed by atoms with Crippen LogP contribution in [-0.2, 0) is 0 Å². The van der Waals surface area contributed by atoms with Gasteiger partial charge in [-0.05, 0) is 46.6 Å². The molecule has 5 heteroatoms. The van der Waals surface area contributed by atoms with Crippen LogP contribution < -0.4 is 11.1 Å². The number of hydrogen-bond acceptors (Lipinski definition) is 3. The van der Waals surface area contributed by atoms with E-state index in [1.54, 1.807) is 24.4 Å². The summed E-state index contributed by atoms with van der Waals surface area (Å²) in [4.78, 5) is 16.0. The zero-order valence-electron chi connectivity index (χ0n) is 9.77. The summed E-state index contributed by atoms with van der Waals surface area (Å²) in [5.74, 6) is -0.211. The fourth-order valence-corrected chi connectivity index (χ4v) is 1.88. The maximum Gasteiger partial charge on any atom is 0.257 e. The molecular weight excluding hydrogens is 294 g/mol. The number of aromatic nitrogens is 1. The molecule has 4 nitrogen and oxygen atoms in total. The third kappa shape index (κ3) is 2.68. The SMILES string of the molecule is Cc1c(N)cccc1NC(=O)c1cncc(Br)c1. The van der Waals surface area contributed by atoms with Crippen LogP contribution in [0.25, 0.3) is 0 Å². The molecule has 0 fully saturated rings. The summed E-state index contributed by atoms with van der Waals surface area (Å²) >= 11 is 3.28. The molecule has 1 amide bonds. The highest BCUT2D eigenvalue weighted by Gasteiger charge is 2.09. The largest absolute Gasteiger partial charge is 0.398 e. The Labute approximate surface area is 113 Å². The fourth-order valence-electron chi connectivity index (χ4n) is 1.52. The highest BCUT2D eigenvalue weighted by molar-refractivity contribution is 9.10. The van der Waals surface area contributed by atoms with Gasteiger partial charge in [0.05, 0.1) is 5.56 Å². The molecule has 0 spiro atoms. The van der Waals surface area contributed by atoms with Crippen molar-refractivity contribution < 1.29 is 4.79 Å². The van der Waals surface area contributed by atoms with Crippen molar-refractivity contribution in [2.24, 2.45) is 0 Å². The minimum atomic E-state index is -0.211. The first-order chi connectivity index (χ1) is 8.58. The monoisotopic (exact) mass is 305 g/mol. The summed E-state index contributed by atoms with van der Waals surface area (Å²) in [5.41, 5.74) is 8.50. The summed E-state index contributed by atoms with van der Waals surface area (Å²) in [7, 11) is 0. The number of nitrogen functional groups attached to an aromatic ring is 1. The molecule has 0 aliphatic heterocycles. The van der Waals surface area contributed by atoms with Crippen LogP contribution >= 0.6 is 15.9 Å². The molecule has 92 valence electrons. The number of rotatable bonds is 2. The molecule has 0 unspecified atom stereocenters. The van der Waals surface area contributed by atoms with Crippen molar-refractivity contribution in [3.8, 4) is 0 Å². The van der Waals surface area contributed by atoms with Crippen LogP contribution in [0.5, 0.6) is 0 Å². The zero-order chi connectivity index (χ0) is 13.1. The second-order valence-corrected chi connectivity index (χ2v) is 4.78. The Morgan fingerprint density at radius 2 is 2.17 bits per heavy atom. The summed E-state index contributed by atoms with van der Waals surface area (Å²) in [6, 6.07) is 7.13. The van der Waals surface area contributed by atoms with E-state index in [0.717, 1.165) is 10.0 Å². The third-order valence-electron chi connectivity index (χ3n) is 2.59. The van der Waals surface area contributed by atoms with E-state index < -0.39 is 0 Å². The van der Waals surface area contributed by atoms with E-state index in [9.17, 15) is 4.79 Å². The van der Waals surface area contributed by atoms with Gasteiger partial charge in [0.1, 0.15) is 0 Å². The predicted octanol–water partition coefficient (Wildman–Crippen LogP) is 2.99. The van der Waals surface area contributed by atoms with Crippen molar-refractivity contribution in [1.29, 1.82) is 0 Å². The lowest BCUT2D eigenvalue weighted by Crippen LogP contribution is -2.13. The molecule has 1 aromatic carbocycles. The van der Waals surface area contributed by atoms with Gasteiger partial charge in [0, 0.05) is 28.2 Å². The molecule has 3 N–H and O–H groups in total. The second-order valence-electron chi connectivity index (χ2n) is 3.87. The van der Waals surface area contributed by atoms with E-state index >= 15 is 0 Å². The van der Waals surface area contributed by atoms with E-state index in [1.807, 2.05) is 13.0 Å². The van der Waals surface area contributed by atoms with Gasteiger partial charge in [0.15, 0.2) is 0 Å². The molecule has 2 aromatic rings. The Bertz CT molecular complexity index is 599. The maximum atomic E-state index is 12.0. The van der Waals surface area contributed by atoms with Gasteiger partial charge in [-0.2, -0.15) is 0 Å². The molecule has 18 heavy (non-hydrogen) atoms. The van der Waals surface area contributed by atoms with Crippen LogP contribution in [0.1, 0.15) is 15.9 Å². The van der Waals surface area contributed by atoms with Gasteiger partial charge >= 0.3 is 0 Å². The van der Waals surface area contributed by atoms with Gasteiger partial charge < -0.3 is 11.1 Å². The van der Waals surface area contributed by atoms with Crippen LogP contribution in [0, 0.1) is 6.92 Å². The smallest absolute Gasteiger partial charge is 0.257 e. The van der Waals surface area contributed by atoms with E-state index in [1.165, 1.54) is 6.20 Å². The van der Waals surface area contributed by atoms with Crippen molar-refractivity contribution >= 4 is 33.2 Å². The van der Waals surface area contributed by atoms with Gasteiger partial charge in [0.2, 0.25) is 0 Å². The summed E-state index contributed by atoms with van der Waals surface area (Å²) in [6.45, 7) is 1.87. The number of nitrogens with zero attached hydrogens (tertiary/aromatic N) is 1. The Morgan fingerprint density at radius 3 is 2.89 bits per heavy atom. The van der Waals surface area contributed by atoms with Gasteiger partial charge in [0.25, 0.3) is 5.91 Å². The number of nitrogens with two attached hydrogens (primary N) is 1. The van der Waals surface area contributed by atoms with Crippen molar-refractivity contribution in [2.75, 3.05) is 11.1 Å². The molecule has 0 aliphatic carbocycles. The van der Waals surface area contributed by atoms with Gasteiger partial charge in [-0.25, -0.2) is 0 Å². The molecule has 1 heterocycles. The lowest BCUT2D eigenvalue weighted by atomic mass is 10.1. The number of hydrogen-bond donors (Lipinski definition) is 2. The highest BCUT2D eigenvalue weighted by atomic mass is 79.9. The van der Waals surface area contributed by atoms with Crippen molar-refractivity contribution in [3.63, 3.8) is 0 Å². The average molecular weight is 306 g/mol. The molecule has 0 aliphatic rings. The van der Waals surface area contributed by atoms with E-state index in [4.69, 9.17) is 5.73 Å². The first kappa shape index (κ1) is 12.6. The molecule has 2 rings (SSSR count). The average Bonchev–Trinajstić information content (AvgIpc) is 2.35. The number of nitrogens with one attached hydrogen (secondary N) is 1. The number of amides is 1. The quantitative estimate of drug-likeness (QED) is 0.838. The van der Waals surface area contributed by atoms with E-state index in [0.29, 0.717) is 16.9 Å². The van der Waals surface area contributed by atoms with Gasteiger partial charge in [-0.3, -0.25) is 9.78 Å². The Kier molecular flexibility index (Phi) is 3.62. The topological polar surface area (TPSA) is 68.0 Å². The summed E-state index contributed by atoms with van der Waals surface area (Å²) < 4.78 is 0.763. The second kappa shape index (κ2) is 5.18. The number of anilines is 2. The number of carbonyl (C=O) groups is 1. The lowest BCUT2D eigenvalue weighted by molar-refractivity contribution is 0.102. The normalized spacial score (nSPS) is 10.1. The minimum Gasteiger partial charge on any atom is -0.398 e. The first-order valence-corrected chi connectivity index (χ1v) is 6.14. The highest BCUT2D eigenvalue weighted by Crippen LogP contribution is 2.21. The Hall–Kier alpha value is -1.88. The van der Waals surface area contributed by atoms with Crippen LogP contribution in [0.3, 0.4) is 0 Å². The van der Waals surface area contributed by atoms with Gasteiger partial charge in [-0.1, -0.05) is 6.07 Å². The van der Waals surface area contributed by atoms with Gasteiger partial charge in [-0.15, -0.1) is 0 Å². The predicted molar refractivity (Wildman–Crippen MR) is 75.5 cm³/mol. The molecule has 0 bridgehead atoms. The maximum absolute atomic E-state index is 12.0. The summed E-state index contributed by atoms with van der Waals surface area (Å²) in [6.07, 6.45) is 3.14. The lowest BCUT2D eigenvalue weighted by Gasteiger charge is -2.10. The molecule has 0 atom stereocenters. The van der Waals surface area contributed by atoms with Crippen LogP contribution in [0.15, 0.2) is 41.1 Å². The number of benzene rings is 1. The van der Waals surface area contributed by atoms with Crippen molar-refractivity contribution in [3.05, 3.63) is 52.3 Å². The number of carbonyl (C=O) groups excluding carboxylic acids is 1. The Morgan fingerprint density at radius 1 is 1.39 bits per heavy atom. The zero-order valence-corrected chi connectivity index (χ0v) is 11.4. The van der Waals surface area contributed by atoms with Crippen molar-refractivity contribution in [1.82, 2.24) is 4.98 Å². The Balaban J connectivity index is 2.24. The van der Waals surface area contributed by atoms with Crippen LogP contribution in [-0.4, -0.2) is 10.9 Å². The summed E-state index contributed by atoms with van der Waals surface area (Å²) in [5, 5.41) is 2.81. The number of pyridine rings is 1. The van der Waals surface area contributed by atoms with Crippen LogP contribution in [0.2, 0.25) is 0 Å². The molecule has 0 saturated heterocycles. The minimum absolute atomic E-state index is 0.211. The molecule has 1 aromatic heterocycles. The third-order valence-corrected chi connectivity index (χ3v) is 3.02. The standard InChI is InChI=1S/C13H12BrN3O/c1-8-11(15)3-2-4-12(8)17-13(18)9-5-10(14)7-16-6-9/h2-7H,15H2,1H3,(H,17,18).